The minimum absolute atomic E-state index is 0. The first-order valence-corrected chi connectivity index (χ1v) is 9.79. The highest BCUT2D eigenvalue weighted by Crippen LogP contribution is 2.41. The van der Waals surface area contributed by atoms with Gasteiger partial charge < -0.3 is 4.74 Å². The molecular weight excluding hydrogens is 413 g/mol. The number of alkyl halides is 2. The van der Waals surface area contributed by atoms with Crippen molar-refractivity contribution in [2.75, 3.05) is 6.16 Å². The second kappa shape index (κ2) is 10.5. The van der Waals surface area contributed by atoms with Crippen LogP contribution >= 0.6 is 21.6 Å². The number of ether oxygens (including phenoxy) is 1. The summed E-state index contributed by atoms with van der Waals surface area (Å²) >= 11 is 0. The van der Waals surface area contributed by atoms with Gasteiger partial charge in [-0.1, -0.05) is 78.9 Å². The first kappa shape index (κ1) is 23.0. The van der Waals surface area contributed by atoms with Crippen LogP contribution in [0.1, 0.15) is 11.1 Å². The molecule has 0 bridgehead atoms. The van der Waals surface area contributed by atoms with Crippen molar-refractivity contribution in [3.63, 3.8) is 0 Å². The zero-order chi connectivity index (χ0) is 20.0. The lowest BCUT2D eigenvalue weighted by molar-refractivity contribution is -0.143. The third-order valence-electron chi connectivity index (χ3n) is 4.69. The number of halogens is 3. The van der Waals surface area contributed by atoms with Gasteiger partial charge in [0.05, 0.1) is 0 Å². The summed E-state index contributed by atoms with van der Waals surface area (Å²) in [5, 5.41) is 0. The minimum atomic E-state index is -2.13. The van der Waals surface area contributed by atoms with Crippen molar-refractivity contribution in [1.82, 2.24) is 0 Å². The van der Waals surface area contributed by atoms with E-state index in [0.29, 0.717) is 11.1 Å². The highest BCUT2D eigenvalue weighted by atomic mass is 35.5. The van der Waals surface area contributed by atoms with E-state index in [1.165, 1.54) is 0 Å². The maximum Gasteiger partial charge on any atom is 0.329 e. The van der Waals surface area contributed by atoms with E-state index >= 15 is 4.39 Å². The molecular formula is C23H22ClF2O2P. The molecule has 0 aliphatic carbocycles. The molecule has 0 aliphatic heterocycles. The van der Waals surface area contributed by atoms with Gasteiger partial charge in [-0.15, -0.1) is 21.6 Å². The monoisotopic (exact) mass is 434 g/mol. The predicted molar refractivity (Wildman–Crippen MR) is 117 cm³/mol. The van der Waals surface area contributed by atoms with Crippen LogP contribution in [0.5, 0.6) is 5.75 Å². The zero-order valence-electron chi connectivity index (χ0n) is 15.6. The number of hydrogen-bond donors (Lipinski definition) is 0. The number of para-hydroxylation sites is 1. The van der Waals surface area contributed by atoms with Gasteiger partial charge in [-0.05, 0) is 29.4 Å². The van der Waals surface area contributed by atoms with E-state index in [0.717, 1.165) is 0 Å². The Morgan fingerprint density at radius 1 is 0.828 bits per heavy atom. The van der Waals surface area contributed by atoms with Crippen LogP contribution < -0.4 is 4.74 Å². The highest BCUT2D eigenvalue weighted by molar-refractivity contribution is 7.16. The summed E-state index contributed by atoms with van der Waals surface area (Å²) < 4.78 is 36.0. The summed E-state index contributed by atoms with van der Waals surface area (Å²) in [5.74, 6) is -0.582. The van der Waals surface area contributed by atoms with Crippen molar-refractivity contribution in [3.05, 3.63) is 102 Å². The molecule has 152 valence electrons. The molecule has 3 atom stereocenters. The van der Waals surface area contributed by atoms with Crippen LogP contribution in [0.25, 0.3) is 0 Å². The standard InChI is InChI=1S/C23H21F2O2P.ClH/c24-20(16-28)21(25)23(17-10-4-1-5-11-17,18-12-6-2-7-13-18)22(26)27-19-14-8-3-9-15-19;/h1-15,20-21H,16,28H2;1H. The Hall–Kier alpha value is -2.29. The van der Waals surface area contributed by atoms with Gasteiger partial charge in [0.2, 0.25) is 0 Å². The molecule has 29 heavy (non-hydrogen) atoms. The second-order valence-corrected chi connectivity index (χ2v) is 6.87. The van der Waals surface area contributed by atoms with Crippen LogP contribution in [0.15, 0.2) is 91.0 Å². The summed E-state index contributed by atoms with van der Waals surface area (Å²) in [4.78, 5) is 13.5. The Morgan fingerprint density at radius 2 is 1.24 bits per heavy atom. The van der Waals surface area contributed by atoms with Crippen LogP contribution in [0.3, 0.4) is 0 Å². The number of hydrogen-bond acceptors (Lipinski definition) is 2. The van der Waals surface area contributed by atoms with E-state index in [-0.39, 0.29) is 24.3 Å². The minimum Gasteiger partial charge on any atom is -0.426 e. The van der Waals surface area contributed by atoms with Crippen molar-refractivity contribution in [2.24, 2.45) is 0 Å². The van der Waals surface area contributed by atoms with Gasteiger partial charge >= 0.3 is 5.97 Å². The molecule has 2 nitrogen and oxygen atoms in total. The third kappa shape index (κ3) is 4.66. The number of carbonyl (C=O) groups excluding carboxylic acids is 1. The SMILES string of the molecule is Cl.O=C(Oc1ccccc1)C(c1ccccc1)(c1ccccc1)C(F)C(F)CP. The van der Waals surface area contributed by atoms with Crippen LogP contribution in [0.2, 0.25) is 0 Å². The Labute approximate surface area is 177 Å². The molecule has 0 saturated heterocycles. The van der Waals surface area contributed by atoms with Gasteiger partial charge in [0, 0.05) is 0 Å². The van der Waals surface area contributed by atoms with E-state index in [9.17, 15) is 9.18 Å². The molecule has 0 N–H and O–H groups in total. The van der Waals surface area contributed by atoms with Crippen molar-refractivity contribution in [2.45, 2.75) is 17.8 Å². The normalized spacial score (nSPS) is 13.1. The van der Waals surface area contributed by atoms with E-state index < -0.39 is 23.7 Å². The largest absolute Gasteiger partial charge is 0.426 e. The van der Waals surface area contributed by atoms with E-state index in [1.807, 2.05) is 0 Å². The van der Waals surface area contributed by atoms with Gasteiger partial charge in [0.1, 0.15) is 11.9 Å². The van der Waals surface area contributed by atoms with Gasteiger partial charge in [0.25, 0.3) is 0 Å². The molecule has 0 aromatic heterocycles. The number of benzene rings is 3. The second-order valence-electron chi connectivity index (χ2n) is 6.40. The average Bonchev–Trinajstić information content (AvgIpc) is 2.76. The molecule has 0 heterocycles. The quantitative estimate of drug-likeness (QED) is 0.277. The highest BCUT2D eigenvalue weighted by Gasteiger charge is 2.54. The summed E-state index contributed by atoms with van der Waals surface area (Å²) in [6.45, 7) is 0. The zero-order valence-corrected chi connectivity index (χ0v) is 17.6. The van der Waals surface area contributed by atoms with Crippen LogP contribution in [-0.4, -0.2) is 24.5 Å². The predicted octanol–water partition coefficient (Wildman–Crippen LogP) is 5.55. The van der Waals surface area contributed by atoms with Gasteiger partial charge in [0.15, 0.2) is 11.6 Å². The Morgan fingerprint density at radius 3 is 1.66 bits per heavy atom. The number of carbonyl (C=O) groups is 1. The Bertz CT molecular complexity index is 855. The molecule has 0 saturated carbocycles. The summed E-state index contributed by atoms with van der Waals surface area (Å²) in [5.41, 5.74) is -1.25. The fourth-order valence-corrected chi connectivity index (χ4v) is 3.54. The van der Waals surface area contributed by atoms with E-state index in [4.69, 9.17) is 4.74 Å². The van der Waals surface area contributed by atoms with Crippen LogP contribution in [0, 0.1) is 0 Å². The fraction of sp³-hybridized carbons (Fsp3) is 0.174. The molecule has 3 aromatic carbocycles. The number of esters is 1. The van der Waals surface area contributed by atoms with Gasteiger partial charge in [-0.3, -0.25) is 4.79 Å². The lowest BCUT2D eigenvalue weighted by atomic mass is 9.69. The molecule has 0 fully saturated rings. The summed E-state index contributed by atoms with van der Waals surface area (Å²) in [6, 6.07) is 25.2. The lowest BCUT2D eigenvalue weighted by Crippen LogP contribution is -2.52. The fourth-order valence-electron chi connectivity index (χ4n) is 3.30. The molecule has 6 heteroatoms. The summed E-state index contributed by atoms with van der Waals surface area (Å²) in [6.07, 6.45) is -4.14. The molecule has 0 radical (unpaired) electrons. The summed E-state index contributed by atoms with van der Waals surface area (Å²) in [7, 11) is 2.20. The number of rotatable bonds is 7. The molecule has 3 aromatic rings. The van der Waals surface area contributed by atoms with Crippen LogP contribution in [0.4, 0.5) is 8.78 Å². The Kier molecular flexibility index (Phi) is 8.31. The lowest BCUT2D eigenvalue weighted by Gasteiger charge is -2.36. The molecule has 0 spiro atoms. The molecule has 0 aliphatic rings. The van der Waals surface area contributed by atoms with Crippen molar-refractivity contribution < 1.29 is 18.3 Å². The molecule has 3 unspecified atom stereocenters. The maximum absolute atomic E-state index is 15.8. The van der Waals surface area contributed by atoms with Crippen molar-refractivity contribution in [1.29, 1.82) is 0 Å². The van der Waals surface area contributed by atoms with Crippen molar-refractivity contribution >= 4 is 27.6 Å². The van der Waals surface area contributed by atoms with Gasteiger partial charge in [-0.2, -0.15) is 0 Å². The van der Waals surface area contributed by atoms with E-state index in [1.54, 1.807) is 91.0 Å². The van der Waals surface area contributed by atoms with E-state index in [2.05, 4.69) is 9.24 Å². The topological polar surface area (TPSA) is 26.3 Å². The first-order valence-electron chi connectivity index (χ1n) is 8.97. The smallest absolute Gasteiger partial charge is 0.329 e. The first-order chi connectivity index (χ1) is 13.6. The van der Waals surface area contributed by atoms with Crippen molar-refractivity contribution in [3.8, 4) is 5.75 Å². The maximum atomic E-state index is 15.8. The Balaban J connectivity index is 0.00000300. The third-order valence-corrected chi connectivity index (χ3v) is 5.14. The van der Waals surface area contributed by atoms with Crippen LogP contribution in [-0.2, 0) is 10.2 Å². The molecule has 3 rings (SSSR count). The average molecular weight is 435 g/mol. The molecule has 0 amide bonds. The van der Waals surface area contributed by atoms with Gasteiger partial charge in [-0.25, -0.2) is 8.78 Å².